The van der Waals surface area contributed by atoms with E-state index in [2.05, 4.69) is 10.6 Å². The lowest BCUT2D eigenvalue weighted by molar-refractivity contribution is -0.121. The van der Waals surface area contributed by atoms with Crippen LogP contribution in [0.3, 0.4) is 0 Å². The second-order valence-corrected chi connectivity index (χ2v) is 10.2. The zero-order valence-corrected chi connectivity index (χ0v) is 17.3. The van der Waals surface area contributed by atoms with Crippen LogP contribution in [-0.2, 0) is 26.0 Å². The summed E-state index contributed by atoms with van der Waals surface area (Å²) in [5, 5.41) is 4.58. The second-order valence-electron chi connectivity index (χ2n) is 6.82. The van der Waals surface area contributed by atoms with E-state index in [0.717, 1.165) is 16.0 Å². The Morgan fingerprint density at radius 3 is 2.64 bits per heavy atom. The first kappa shape index (κ1) is 20.4. The van der Waals surface area contributed by atoms with E-state index in [4.69, 9.17) is 0 Å². The Balaban J connectivity index is 1.64. The number of rotatable bonds is 6. The highest BCUT2D eigenvalue weighted by Crippen LogP contribution is 2.34. The summed E-state index contributed by atoms with van der Waals surface area (Å²) in [6, 6.07) is 12.5. The molecule has 0 saturated heterocycles. The Hall–Kier alpha value is -2.32. The molecule has 1 aliphatic rings. The average Bonchev–Trinajstić information content (AvgIpc) is 2.66. The van der Waals surface area contributed by atoms with Gasteiger partial charge in [0.1, 0.15) is 0 Å². The van der Waals surface area contributed by atoms with Crippen LogP contribution in [0.25, 0.3) is 0 Å². The number of sulfone groups is 1. The molecule has 1 aliphatic heterocycles. The van der Waals surface area contributed by atoms with E-state index >= 15 is 0 Å². The highest BCUT2D eigenvalue weighted by molar-refractivity contribution is 8.00. The maximum absolute atomic E-state index is 12.8. The number of thioether (sulfide) groups is 1. The molecule has 6 nitrogen and oxygen atoms in total. The maximum atomic E-state index is 12.8. The molecular formula is C20H22N2O4S2. The second kappa shape index (κ2) is 8.36. The number of carbonyl (C=O) groups is 2. The SMILES string of the molecule is Cc1ccc(CNC(=O)C[C@@H](C)S(=O)(=O)c2ccc3c(c2)NC(=O)CS3)cc1. The van der Waals surface area contributed by atoms with Gasteiger partial charge in [-0.05, 0) is 37.6 Å². The summed E-state index contributed by atoms with van der Waals surface area (Å²) in [5.41, 5.74) is 2.59. The molecule has 0 fully saturated rings. The third kappa shape index (κ3) is 4.74. The highest BCUT2D eigenvalue weighted by atomic mass is 32.2. The Bertz CT molecular complexity index is 1000. The van der Waals surface area contributed by atoms with Gasteiger partial charge in [-0.2, -0.15) is 0 Å². The number of benzene rings is 2. The number of nitrogens with one attached hydrogen (secondary N) is 2. The van der Waals surface area contributed by atoms with Crippen LogP contribution in [-0.4, -0.2) is 31.2 Å². The van der Waals surface area contributed by atoms with Gasteiger partial charge in [0.2, 0.25) is 11.8 Å². The minimum Gasteiger partial charge on any atom is -0.352 e. The standard InChI is InChI=1S/C20H22N2O4S2/c1-13-3-5-15(6-4-13)11-21-19(23)9-14(2)28(25,26)16-7-8-18-17(10-16)22-20(24)12-27-18/h3-8,10,14H,9,11-12H2,1-2H3,(H,21,23)(H,22,24)/t14-/m1/s1. The van der Waals surface area contributed by atoms with E-state index < -0.39 is 15.1 Å². The first-order chi connectivity index (χ1) is 13.3. The lowest BCUT2D eigenvalue weighted by Gasteiger charge is -2.18. The molecule has 0 bridgehead atoms. The van der Waals surface area contributed by atoms with Crippen LogP contribution in [0.15, 0.2) is 52.3 Å². The molecule has 2 aromatic carbocycles. The number of amides is 2. The lowest BCUT2D eigenvalue weighted by Crippen LogP contribution is -2.30. The van der Waals surface area contributed by atoms with Crippen LogP contribution in [0.4, 0.5) is 5.69 Å². The van der Waals surface area contributed by atoms with Crippen molar-refractivity contribution in [3.63, 3.8) is 0 Å². The van der Waals surface area contributed by atoms with Gasteiger partial charge in [-0.3, -0.25) is 9.59 Å². The third-order valence-electron chi connectivity index (χ3n) is 4.53. The Kier molecular flexibility index (Phi) is 6.10. The molecule has 3 rings (SSSR count). The largest absolute Gasteiger partial charge is 0.352 e. The van der Waals surface area contributed by atoms with Crippen molar-refractivity contribution in [2.75, 3.05) is 11.1 Å². The topological polar surface area (TPSA) is 92.3 Å². The van der Waals surface area contributed by atoms with Crippen LogP contribution in [0.5, 0.6) is 0 Å². The number of fused-ring (bicyclic) bond motifs is 1. The summed E-state index contributed by atoms with van der Waals surface area (Å²) < 4.78 is 25.7. The summed E-state index contributed by atoms with van der Waals surface area (Å²) in [6.45, 7) is 3.86. The average molecular weight is 419 g/mol. The van der Waals surface area contributed by atoms with E-state index in [1.807, 2.05) is 31.2 Å². The van der Waals surface area contributed by atoms with Crippen molar-refractivity contribution < 1.29 is 18.0 Å². The van der Waals surface area contributed by atoms with Gasteiger partial charge in [-0.25, -0.2) is 8.42 Å². The summed E-state index contributed by atoms with van der Waals surface area (Å²) in [6.07, 6.45) is -0.133. The minimum atomic E-state index is -3.69. The molecule has 0 spiro atoms. The monoisotopic (exact) mass is 418 g/mol. The molecule has 0 radical (unpaired) electrons. The first-order valence-corrected chi connectivity index (χ1v) is 11.4. The number of aryl methyl sites for hydroxylation is 1. The Labute approximate surface area is 169 Å². The van der Waals surface area contributed by atoms with Crippen molar-refractivity contribution in [2.24, 2.45) is 0 Å². The summed E-state index contributed by atoms with van der Waals surface area (Å²) in [7, 11) is -3.69. The van der Waals surface area contributed by atoms with E-state index in [9.17, 15) is 18.0 Å². The molecule has 0 aromatic heterocycles. The molecule has 0 unspecified atom stereocenters. The molecule has 0 aliphatic carbocycles. The van der Waals surface area contributed by atoms with Gasteiger partial charge >= 0.3 is 0 Å². The minimum absolute atomic E-state index is 0.105. The molecule has 0 saturated carbocycles. The van der Waals surface area contributed by atoms with Gasteiger partial charge in [0.05, 0.1) is 21.6 Å². The molecule has 148 valence electrons. The predicted octanol–water partition coefficient (Wildman–Crippen LogP) is 2.91. The molecule has 1 atom stereocenters. The van der Waals surface area contributed by atoms with Crippen molar-refractivity contribution >= 4 is 39.1 Å². The van der Waals surface area contributed by atoms with E-state index in [1.54, 1.807) is 6.07 Å². The first-order valence-electron chi connectivity index (χ1n) is 8.88. The van der Waals surface area contributed by atoms with Crippen molar-refractivity contribution in [1.82, 2.24) is 5.32 Å². The van der Waals surface area contributed by atoms with Gasteiger partial charge in [-0.15, -0.1) is 11.8 Å². The van der Waals surface area contributed by atoms with Crippen LogP contribution in [0.2, 0.25) is 0 Å². The summed E-state index contributed by atoms with van der Waals surface area (Å²) in [5.74, 6) is -0.162. The van der Waals surface area contributed by atoms with Crippen LogP contribution < -0.4 is 10.6 Å². The maximum Gasteiger partial charge on any atom is 0.234 e. The van der Waals surface area contributed by atoms with Gasteiger partial charge in [-0.1, -0.05) is 29.8 Å². The van der Waals surface area contributed by atoms with Gasteiger partial charge in [0.25, 0.3) is 0 Å². The van der Waals surface area contributed by atoms with Crippen LogP contribution >= 0.6 is 11.8 Å². The smallest absolute Gasteiger partial charge is 0.234 e. The number of carbonyl (C=O) groups excluding carboxylic acids is 2. The van der Waals surface area contributed by atoms with Crippen LogP contribution in [0.1, 0.15) is 24.5 Å². The molecule has 1 heterocycles. The number of anilines is 1. The molecule has 2 N–H and O–H groups in total. The van der Waals surface area contributed by atoms with Crippen molar-refractivity contribution in [2.45, 2.75) is 41.9 Å². The quantitative estimate of drug-likeness (QED) is 0.753. The fourth-order valence-corrected chi connectivity index (χ4v) is 4.98. The molecule has 2 aromatic rings. The third-order valence-corrected chi connectivity index (χ3v) is 7.74. The number of hydrogen-bond acceptors (Lipinski definition) is 5. The summed E-state index contributed by atoms with van der Waals surface area (Å²) >= 11 is 1.37. The van der Waals surface area contributed by atoms with Crippen molar-refractivity contribution in [3.05, 3.63) is 53.6 Å². The summed E-state index contributed by atoms with van der Waals surface area (Å²) in [4.78, 5) is 24.7. The fraction of sp³-hybridized carbons (Fsp3) is 0.300. The zero-order chi connectivity index (χ0) is 20.3. The highest BCUT2D eigenvalue weighted by Gasteiger charge is 2.27. The molecular weight excluding hydrogens is 396 g/mol. The molecule has 28 heavy (non-hydrogen) atoms. The normalized spacial score (nSPS) is 14.7. The van der Waals surface area contributed by atoms with Gasteiger partial charge in [0.15, 0.2) is 9.84 Å². The van der Waals surface area contributed by atoms with Gasteiger partial charge in [0, 0.05) is 17.9 Å². The van der Waals surface area contributed by atoms with E-state index in [1.165, 1.54) is 30.8 Å². The lowest BCUT2D eigenvalue weighted by atomic mass is 10.1. The predicted molar refractivity (Wildman–Crippen MR) is 110 cm³/mol. The molecule has 8 heteroatoms. The van der Waals surface area contributed by atoms with Crippen molar-refractivity contribution in [1.29, 1.82) is 0 Å². The Morgan fingerprint density at radius 2 is 1.93 bits per heavy atom. The van der Waals surface area contributed by atoms with E-state index in [0.29, 0.717) is 18.0 Å². The fourth-order valence-electron chi connectivity index (χ4n) is 2.82. The molecule has 2 amide bonds. The van der Waals surface area contributed by atoms with Crippen molar-refractivity contribution in [3.8, 4) is 0 Å². The Morgan fingerprint density at radius 1 is 1.21 bits per heavy atom. The van der Waals surface area contributed by atoms with Crippen LogP contribution in [0, 0.1) is 6.92 Å². The number of hydrogen-bond donors (Lipinski definition) is 2. The van der Waals surface area contributed by atoms with Gasteiger partial charge < -0.3 is 10.6 Å². The zero-order valence-electron chi connectivity index (χ0n) is 15.7. The van der Waals surface area contributed by atoms with E-state index in [-0.39, 0.29) is 23.1 Å².